The van der Waals surface area contributed by atoms with Crippen molar-refractivity contribution in [1.29, 1.82) is 0 Å². The van der Waals surface area contributed by atoms with E-state index in [-0.39, 0.29) is 10.3 Å². The van der Waals surface area contributed by atoms with Gasteiger partial charge in [0.2, 0.25) is 0 Å². The van der Waals surface area contributed by atoms with Crippen LogP contribution in [-0.4, -0.2) is 37.9 Å². The number of hydrogen-bond donors (Lipinski definition) is 2. The largest absolute Gasteiger partial charge is 0.466 e. The summed E-state index contributed by atoms with van der Waals surface area (Å²) in [6.07, 6.45) is 1.54. The third-order valence-corrected chi connectivity index (χ3v) is 5.38. The van der Waals surface area contributed by atoms with Crippen molar-refractivity contribution in [3.63, 3.8) is 0 Å². The topological polar surface area (TPSA) is 111 Å². The Balaban J connectivity index is 0.000000304. The Morgan fingerprint density at radius 3 is 2.43 bits per heavy atom. The van der Waals surface area contributed by atoms with E-state index in [4.69, 9.17) is 5.26 Å². The second-order valence-electron chi connectivity index (χ2n) is 3.99. The summed E-state index contributed by atoms with van der Waals surface area (Å²) in [6, 6.07) is 7.87. The fourth-order valence-electron chi connectivity index (χ4n) is 1.33. The zero-order valence-electron chi connectivity index (χ0n) is 11.4. The van der Waals surface area contributed by atoms with E-state index in [1.807, 2.05) is 5.48 Å². The van der Waals surface area contributed by atoms with Gasteiger partial charge in [0.1, 0.15) is 0 Å². The number of amides is 1. The number of carbonyl (C=O) groups is 2. The minimum absolute atomic E-state index is 0.0463. The van der Waals surface area contributed by atoms with Crippen LogP contribution < -0.4 is 9.83 Å². The average molecular weight is 361 g/mol. The molecule has 1 aliphatic rings. The molecule has 116 valence electrons. The molecular weight excluding hydrogens is 345 g/mol. The molecule has 1 amide bonds. The van der Waals surface area contributed by atoms with Gasteiger partial charge in [-0.3, -0.25) is 4.79 Å². The molecule has 0 saturated carbocycles. The van der Waals surface area contributed by atoms with Crippen LogP contribution in [0.4, 0.5) is 0 Å². The Kier molecular flexibility index (Phi) is 7.17. The zero-order chi connectivity index (χ0) is 15.7. The molecule has 1 aromatic rings. The summed E-state index contributed by atoms with van der Waals surface area (Å²) in [6.45, 7) is 1.82. The number of hydrogen-bond acceptors (Lipinski definition) is 7. The van der Waals surface area contributed by atoms with Crippen LogP contribution in [0.25, 0.3) is 0 Å². The molecule has 1 saturated heterocycles. The summed E-state index contributed by atoms with van der Waals surface area (Å²) in [7, 11) is 0. The summed E-state index contributed by atoms with van der Waals surface area (Å²) in [5.74, 6) is -0.584. The monoisotopic (exact) mass is 361 g/mol. The predicted octanol–water partition coefficient (Wildman–Crippen LogP) is 0.144. The summed E-state index contributed by atoms with van der Waals surface area (Å²) in [5.41, 5.74) is 1.88. The van der Waals surface area contributed by atoms with Gasteiger partial charge < -0.3 is 4.74 Å². The SMILES string of the molecule is CC(=O)NO[As](=O)(OO)c1ccccc1.O=C1CCCO1. The van der Waals surface area contributed by atoms with Crippen molar-refractivity contribution in [3.8, 4) is 0 Å². The minimum atomic E-state index is -4.55. The molecule has 0 bridgehead atoms. The molecule has 0 spiro atoms. The van der Waals surface area contributed by atoms with Crippen molar-refractivity contribution in [1.82, 2.24) is 5.48 Å². The van der Waals surface area contributed by atoms with Crippen molar-refractivity contribution < 1.29 is 31.0 Å². The second kappa shape index (κ2) is 8.63. The molecule has 8 nitrogen and oxygen atoms in total. The van der Waals surface area contributed by atoms with E-state index in [1.165, 1.54) is 19.1 Å². The van der Waals surface area contributed by atoms with Crippen LogP contribution in [0, 0.1) is 0 Å². The van der Waals surface area contributed by atoms with Gasteiger partial charge >= 0.3 is 94.6 Å². The number of carbonyl (C=O) groups excluding carboxylic acids is 2. The van der Waals surface area contributed by atoms with Gasteiger partial charge in [-0.15, -0.1) is 0 Å². The zero-order valence-corrected chi connectivity index (χ0v) is 13.2. The van der Waals surface area contributed by atoms with Gasteiger partial charge in [-0.05, 0) is 6.42 Å². The molecule has 2 N–H and O–H groups in total. The van der Waals surface area contributed by atoms with Crippen LogP contribution in [0.2, 0.25) is 0 Å². The first-order chi connectivity index (χ1) is 9.98. The van der Waals surface area contributed by atoms with Crippen molar-refractivity contribution in [3.05, 3.63) is 30.3 Å². The van der Waals surface area contributed by atoms with Gasteiger partial charge in [-0.1, -0.05) is 0 Å². The Labute approximate surface area is 124 Å². The smallest absolute Gasteiger partial charge is 0.305 e. The first-order valence-electron chi connectivity index (χ1n) is 6.07. The quantitative estimate of drug-likeness (QED) is 0.340. The number of cyclic esters (lactones) is 1. The molecular formula is C12H16AsNO7. The molecule has 0 radical (unpaired) electrons. The first kappa shape index (κ1) is 17.4. The van der Waals surface area contributed by atoms with E-state index in [0.717, 1.165) is 6.42 Å². The molecule has 9 heteroatoms. The maximum absolute atomic E-state index is 11.8. The van der Waals surface area contributed by atoms with Crippen LogP contribution in [0.1, 0.15) is 19.8 Å². The molecule has 1 heterocycles. The van der Waals surface area contributed by atoms with E-state index in [1.54, 1.807) is 18.2 Å². The number of benzene rings is 1. The van der Waals surface area contributed by atoms with Crippen molar-refractivity contribution in [2.75, 3.05) is 6.61 Å². The molecule has 21 heavy (non-hydrogen) atoms. The number of esters is 1. The van der Waals surface area contributed by atoms with Crippen molar-refractivity contribution >= 4 is 30.4 Å². The second-order valence-corrected chi connectivity index (χ2v) is 7.88. The van der Waals surface area contributed by atoms with E-state index >= 15 is 0 Å². The fraction of sp³-hybridized carbons (Fsp3) is 0.333. The summed E-state index contributed by atoms with van der Waals surface area (Å²) in [5, 5.41) is 8.54. The van der Waals surface area contributed by atoms with E-state index in [9.17, 15) is 13.3 Å². The Bertz CT molecular complexity index is 512. The van der Waals surface area contributed by atoms with Gasteiger partial charge in [0.25, 0.3) is 0 Å². The molecule has 0 aromatic heterocycles. The minimum Gasteiger partial charge on any atom is -0.466 e. The van der Waals surface area contributed by atoms with Crippen molar-refractivity contribution in [2.45, 2.75) is 19.8 Å². The predicted molar refractivity (Wildman–Crippen MR) is 71.3 cm³/mol. The fourth-order valence-corrected chi connectivity index (χ4v) is 3.46. The van der Waals surface area contributed by atoms with Gasteiger partial charge in [-0.2, -0.15) is 0 Å². The van der Waals surface area contributed by atoms with Gasteiger partial charge in [0, 0.05) is 6.42 Å². The molecule has 0 aliphatic carbocycles. The van der Waals surface area contributed by atoms with Gasteiger partial charge in [0.15, 0.2) is 0 Å². The number of rotatable bonds is 4. The van der Waals surface area contributed by atoms with Crippen LogP contribution in [0.5, 0.6) is 0 Å². The number of nitrogens with one attached hydrogen (secondary N) is 1. The van der Waals surface area contributed by atoms with Gasteiger partial charge in [-0.25, -0.2) is 0 Å². The van der Waals surface area contributed by atoms with Crippen LogP contribution in [0.15, 0.2) is 30.3 Å². The maximum Gasteiger partial charge on any atom is 0.305 e. The first-order valence-corrected chi connectivity index (χ1v) is 9.31. The molecule has 1 aliphatic heterocycles. The van der Waals surface area contributed by atoms with E-state index < -0.39 is 20.1 Å². The third-order valence-electron chi connectivity index (χ3n) is 2.28. The number of hydroxylamine groups is 1. The van der Waals surface area contributed by atoms with E-state index in [2.05, 4.69) is 12.4 Å². The molecule has 1 fully saturated rings. The standard InChI is InChI=1S/C8H10AsNO5.C4H6O2/c1-7(11)10-14-9(12,15-13)8-5-3-2-4-6-8;5-4-2-1-3-6-4/h2-6,13H,1H3,(H,10,11);1-3H2. The Morgan fingerprint density at radius 1 is 1.38 bits per heavy atom. The maximum atomic E-state index is 11.8. The molecule has 1 atom stereocenters. The molecule has 1 unspecified atom stereocenters. The molecule has 2 rings (SSSR count). The summed E-state index contributed by atoms with van der Waals surface area (Å²) in [4.78, 5) is 20.6. The van der Waals surface area contributed by atoms with Crippen LogP contribution >= 0.6 is 0 Å². The van der Waals surface area contributed by atoms with Crippen LogP contribution in [0.3, 0.4) is 0 Å². The molecule has 1 aromatic carbocycles. The van der Waals surface area contributed by atoms with Crippen LogP contribution in [-0.2, 0) is 25.8 Å². The average Bonchev–Trinajstić information content (AvgIpc) is 2.97. The Hall–Kier alpha value is -1.60. The number of ether oxygens (including phenoxy) is 1. The summed E-state index contributed by atoms with van der Waals surface area (Å²) >= 11 is -4.55. The van der Waals surface area contributed by atoms with Crippen molar-refractivity contribution in [2.24, 2.45) is 0 Å². The third kappa shape index (κ3) is 6.13. The Morgan fingerprint density at radius 2 is 2.05 bits per heavy atom. The van der Waals surface area contributed by atoms with Gasteiger partial charge in [0.05, 0.1) is 6.61 Å². The normalized spacial score (nSPS) is 16.2. The van der Waals surface area contributed by atoms with E-state index in [0.29, 0.717) is 13.0 Å². The summed E-state index contributed by atoms with van der Waals surface area (Å²) < 4.78 is 25.0.